The van der Waals surface area contributed by atoms with E-state index < -0.39 is 0 Å². The molecule has 0 atom stereocenters. The number of carbonyl (C=O) groups excluding carboxylic acids is 1. The Balaban J connectivity index is 1.60. The number of amides is 1. The van der Waals surface area contributed by atoms with Gasteiger partial charge in [0.2, 0.25) is 5.91 Å². The van der Waals surface area contributed by atoms with Crippen LogP contribution in [0.15, 0.2) is 47.6 Å². The van der Waals surface area contributed by atoms with E-state index in [1.165, 1.54) is 36.0 Å². The number of hydrogen-bond donors (Lipinski definition) is 1. The molecular weight excluding hydrogens is 419 g/mol. The predicted molar refractivity (Wildman–Crippen MR) is 118 cm³/mol. The lowest BCUT2D eigenvalue weighted by molar-refractivity contribution is -0.113. The van der Waals surface area contributed by atoms with Gasteiger partial charge in [-0.05, 0) is 62.7 Å². The highest BCUT2D eigenvalue weighted by Gasteiger charge is 2.15. The second-order valence-electron chi connectivity index (χ2n) is 6.66. The summed E-state index contributed by atoms with van der Waals surface area (Å²) in [4.78, 5) is 12.2. The SMILES string of the molecule is CCOc1cc(C)ccc1OCc1nnc(SCC(=O)Nc2ccc(F)cc2)n1CC. The number of carbonyl (C=O) groups is 1. The van der Waals surface area contributed by atoms with Crippen molar-refractivity contribution in [2.45, 2.75) is 39.1 Å². The number of benzene rings is 2. The summed E-state index contributed by atoms with van der Waals surface area (Å²) in [5.74, 6) is 1.59. The number of rotatable bonds is 10. The Morgan fingerprint density at radius 3 is 2.58 bits per heavy atom. The van der Waals surface area contributed by atoms with Gasteiger partial charge in [-0.2, -0.15) is 0 Å². The van der Waals surface area contributed by atoms with Crippen LogP contribution in [-0.2, 0) is 17.9 Å². The highest BCUT2D eigenvalue weighted by molar-refractivity contribution is 7.99. The summed E-state index contributed by atoms with van der Waals surface area (Å²) < 4.78 is 26.5. The molecule has 1 heterocycles. The monoisotopic (exact) mass is 444 g/mol. The number of aromatic nitrogens is 3. The highest BCUT2D eigenvalue weighted by Crippen LogP contribution is 2.29. The van der Waals surface area contributed by atoms with Crippen molar-refractivity contribution in [1.29, 1.82) is 0 Å². The average molecular weight is 445 g/mol. The maximum absolute atomic E-state index is 13.0. The smallest absolute Gasteiger partial charge is 0.234 e. The van der Waals surface area contributed by atoms with Gasteiger partial charge in [0.25, 0.3) is 0 Å². The van der Waals surface area contributed by atoms with Gasteiger partial charge >= 0.3 is 0 Å². The number of ether oxygens (including phenoxy) is 2. The minimum atomic E-state index is -0.350. The van der Waals surface area contributed by atoms with Crippen molar-refractivity contribution in [3.63, 3.8) is 0 Å². The lowest BCUT2D eigenvalue weighted by Gasteiger charge is -2.13. The van der Waals surface area contributed by atoms with Gasteiger partial charge in [-0.15, -0.1) is 10.2 Å². The number of nitrogens with zero attached hydrogens (tertiary/aromatic N) is 3. The van der Waals surface area contributed by atoms with Crippen molar-refractivity contribution in [3.05, 3.63) is 59.7 Å². The van der Waals surface area contributed by atoms with Crippen LogP contribution < -0.4 is 14.8 Å². The maximum atomic E-state index is 13.0. The predicted octanol–water partition coefficient (Wildman–Crippen LogP) is 4.45. The molecular formula is C22H25FN4O3S. The topological polar surface area (TPSA) is 78.3 Å². The van der Waals surface area contributed by atoms with Gasteiger partial charge in [-0.1, -0.05) is 17.8 Å². The van der Waals surface area contributed by atoms with Crippen LogP contribution in [0.25, 0.3) is 0 Å². The van der Waals surface area contributed by atoms with Gasteiger partial charge in [0, 0.05) is 12.2 Å². The van der Waals surface area contributed by atoms with Crippen LogP contribution in [0.2, 0.25) is 0 Å². The zero-order valence-corrected chi connectivity index (χ0v) is 18.5. The Kier molecular flexibility index (Phi) is 7.88. The Bertz CT molecular complexity index is 1020. The van der Waals surface area contributed by atoms with Crippen molar-refractivity contribution in [2.24, 2.45) is 0 Å². The third-order valence-corrected chi connectivity index (χ3v) is 5.29. The maximum Gasteiger partial charge on any atom is 0.234 e. The van der Waals surface area contributed by atoms with E-state index >= 15 is 0 Å². The first kappa shape index (κ1) is 22.6. The molecule has 1 N–H and O–H groups in total. The van der Waals surface area contributed by atoms with E-state index in [0.717, 1.165) is 5.56 Å². The molecule has 0 spiro atoms. The van der Waals surface area contributed by atoms with E-state index in [9.17, 15) is 9.18 Å². The van der Waals surface area contributed by atoms with E-state index in [0.29, 0.717) is 41.3 Å². The van der Waals surface area contributed by atoms with E-state index in [-0.39, 0.29) is 24.1 Å². The second-order valence-corrected chi connectivity index (χ2v) is 7.60. The summed E-state index contributed by atoms with van der Waals surface area (Å²) >= 11 is 1.28. The van der Waals surface area contributed by atoms with Gasteiger partial charge in [-0.25, -0.2) is 4.39 Å². The number of hydrogen-bond acceptors (Lipinski definition) is 6. The zero-order valence-electron chi connectivity index (χ0n) is 17.7. The first-order valence-corrected chi connectivity index (χ1v) is 10.9. The van der Waals surface area contributed by atoms with Gasteiger partial charge in [0.15, 0.2) is 22.5 Å². The third kappa shape index (κ3) is 6.21. The minimum absolute atomic E-state index is 0.156. The zero-order chi connectivity index (χ0) is 22.2. The van der Waals surface area contributed by atoms with Crippen LogP contribution in [0.5, 0.6) is 11.5 Å². The Hall–Kier alpha value is -3.07. The summed E-state index contributed by atoms with van der Waals surface area (Å²) in [5.41, 5.74) is 1.63. The molecule has 2 aromatic carbocycles. The molecule has 3 rings (SSSR count). The molecule has 7 nitrogen and oxygen atoms in total. The quantitative estimate of drug-likeness (QED) is 0.466. The molecule has 1 aromatic heterocycles. The van der Waals surface area contributed by atoms with Gasteiger partial charge in [0.05, 0.1) is 12.4 Å². The number of nitrogens with one attached hydrogen (secondary N) is 1. The molecule has 0 aliphatic carbocycles. The van der Waals surface area contributed by atoms with Crippen molar-refractivity contribution in [3.8, 4) is 11.5 Å². The van der Waals surface area contributed by atoms with Crippen LogP contribution in [-0.4, -0.2) is 33.0 Å². The standard InChI is InChI=1S/C22H25FN4O3S/c1-4-27-20(13-30-18-11-6-15(3)12-19(18)29-5-2)25-26-22(27)31-14-21(28)24-17-9-7-16(23)8-10-17/h6-12H,4-5,13-14H2,1-3H3,(H,24,28). The molecule has 3 aromatic rings. The van der Waals surface area contributed by atoms with Crippen LogP contribution in [0, 0.1) is 12.7 Å². The summed E-state index contributed by atoms with van der Waals surface area (Å²) in [6.45, 7) is 7.32. The van der Waals surface area contributed by atoms with E-state index in [4.69, 9.17) is 9.47 Å². The molecule has 0 radical (unpaired) electrons. The minimum Gasteiger partial charge on any atom is -0.490 e. The Labute approximate surface area is 185 Å². The Morgan fingerprint density at radius 2 is 1.87 bits per heavy atom. The van der Waals surface area contributed by atoms with Crippen LogP contribution in [0.3, 0.4) is 0 Å². The number of halogens is 1. The molecule has 1 amide bonds. The molecule has 0 unspecified atom stereocenters. The van der Waals surface area contributed by atoms with Crippen molar-refractivity contribution in [1.82, 2.24) is 14.8 Å². The van der Waals surface area contributed by atoms with Crippen LogP contribution in [0.1, 0.15) is 25.2 Å². The summed E-state index contributed by atoms with van der Waals surface area (Å²) in [6.07, 6.45) is 0. The fourth-order valence-corrected chi connectivity index (χ4v) is 3.68. The first-order chi connectivity index (χ1) is 15.0. The highest BCUT2D eigenvalue weighted by atomic mass is 32.2. The van der Waals surface area contributed by atoms with Crippen molar-refractivity contribution in [2.75, 3.05) is 17.7 Å². The van der Waals surface area contributed by atoms with Crippen molar-refractivity contribution >= 4 is 23.4 Å². The van der Waals surface area contributed by atoms with Crippen LogP contribution in [0.4, 0.5) is 10.1 Å². The third-order valence-electron chi connectivity index (χ3n) is 4.33. The normalized spacial score (nSPS) is 10.7. The molecule has 0 aliphatic heterocycles. The molecule has 31 heavy (non-hydrogen) atoms. The van der Waals surface area contributed by atoms with Gasteiger partial charge in [-0.3, -0.25) is 4.79 Å². The Morgan fingerprint density at radius 1 is 1.10 bits per heavy atom. The summed E-state index contributed by atoms with van der Waals surface area (Å²) in [5, 5.41) is 11.8. The largest absolute Gasteiger partial charge is 0.490 e. The van der Waals surface area contributed by atoms with E-state index in [1.54, 1.807) is 0 Å². The number of thioether (sulfide) groups is 1. The van der Waals surface area contributed by atoms with Gasteiger partial charge in [0.1, 0.15) is 12.4 Å². The van der Waals surface area contributed by atoms with Gasteiger partial charge < -0.3 is 19.4 Å². The summed E-state index contributed by atoms with van der Waals surface area (Å²) in [6, 6.07) is 11.4. The molecule has 0 aliphatic rings. The molecule has 9 heteroatoms. The van der Waals surface area contributed by atoms with Crippen LogP contribution >= 0.6 is 11.8 Å². The van der Waals surface area contributed by atoms with E-state index in [2.05, 4.69) is 15.5 Å². The first-order valence-electron chi connectivity index (χ1n) is 9.96. The number of anilines is 1. The van der Waals surface area contributed by atoms with E-state index in [1.807, 2.05) is 43.5 Å². The molecule has 0 saturated carbocycles. The lowest BCUT2D eigenvalue weighted by Crippen LogP contribution is -2.15. The second kappa shape index (κ2) is 10.8. The molecule has 0 bridgehead atoms. The fraction of sp³-hybridized carbons (Fsp3) is 0.318. The molecule has 0 fully saturated rings. The number of aryl methyl sites for hydroxylation is 1. The van der Waals surface area contributed by atoms with Crippen molar-refractivity contribution < 1.29 is 18.7 Å². The lowest BCUT2D eigenvalue weighted by atomic mass is 10.2. The molecule has 0 saturated heterocycles. The molecule has 164 valence electrons. The average Bonchev–Trinajstić information content (AvgIpc) is 3.15. The summed E-state index contributed by atoms with van der Waals surface area (Å²) in [7, 11) is 0. The fourth-order valence-electron chi connectivity index (χ4n) is 2.86.